The van der Waals surface area contributed by atoms with Crippen LogP contribution in [-0.4, -0.2) is 17.1 Å². The highest BCUT2D eigenvalue weighted by atomic mass is 16.4. The van der Waals surface area contributed by atoms with Crippen molar-refractivity contribution in [2.75, 3.05) is 0 Å². The van der Waals surface area contributed by atoms with E-state index < -0.39 is 5.97 Å². The van der Waals surface area contributed by atoms with E-state index in [9.17, 15) is 4.79 Å². The maximum absolute atomic E-state index is 10.6. The fourth-order valence-electron chi connectivity index (χ4n) is 2.19. The molecule has 20 heavy (non-hydrogen) atoms. The van der Waals surface area contributed by atoms with Gasteiger partial charge in [0.05, 0.1) is 6.42 Å². The van der Waals surface area contributed by atoms with Crippen LogP contribution in [0, 0.1) is 0 Å². The van der Waals surface area contributed by atoms with Crippen molar-refractivity contribution in [3.05, 3.63) is 59.7 Å². The Morgan fingerprint density at radius 1 is 1.00 bits per heavy atom. The average molecular weight is 269 g/mol. The van der Waals surface area contributed by atoms with Gasteiger partial charge in [0.25, 0.3) is 0 Å². The van der Waals surface area contributed by atoms with Crippen molar-refractivity contribution in [3.63, 3.8) is 0 Å². The number of carboxylic acids is 1. The first-order chi connectivity index (χ1) is 9.54. The van der Waals surface area contributed by atoms with Gasteiger partial charge >= 0.3 is 5.97 Å². The third kappa shape index (κ3) is 3.93. The number of aliphatic carboxylic acids is 1. The van der Waals surface area contributed by atoms with Crippen molar-refractivity contribution in [3.8, 4) is 11.1 Å². The molecule has 0 aliphatic rings. The summed E-state index contributed by atoms with van der Waals surface area (Å²) in [5.74, 6) is -0.807. The van der Waals surface area contributed by atoms with Gasteiger partial charge in [-0.2, -0.15) is 0 Å². The second kappa shape index (κ2) is 6.35. The number of rotatable bonds is 5. The molecule has 0 bridgehead atoms. The first-order valence-electron chi connectivity index (χ1n) is 6.70. The number of hydrogen-bond donors (Lipinski definition) is 2. The van der Waals surface area contributed by atoms with Crippen LogP contribution in [-0.2, 0) is 17.6 Å². The van der Waals surface area contributed by atoms with Crippen molar-refractivity contribution >= 4 is 5.97 Å². The summed E-state index contributed by atoms with van der Waals surface area (Å²) in [6.45, 7) is 2.00. The van der Waals surface area contributed by atoms with Gasteiger partial charge in [0.15, 0.2) is 0 Å². The molecule has 3 nitrogen and oxygen atoms in total. The van der Waals surface area contributed by atoms with E-state index in [1.165, 1.54) is 5.56 Å². The molecule has 0 aliphatic heterocycles. The molecule has 0 spiro atoms. The number of nitrogens with two attached hydrogens (primary N) is 1. The summed E-state index contributed by atoms with van der Waals surface area (Å²) < 4.78 is 0. The predicted octanol–water partition coefficient (Wildman–Crippen LogP) is 2.87. The molecule has 3 heteroatoms. The molecule has 0 heterocycles. The summed E-state index contributed by atoms with van der Waals surface area (Å²) in [5.41, 5.74) is 10.0. The fourth-order valence-corrected chi connectivity index (χ4v) is 2.19. The SMILES string of the molecule is C[C@@H](N)Cc1ccc(-c2ccc(CC(=O)O)cc2)cc1. The Hall–Kier alpha value is -2.13. The molecule has 2 rings (SSSR count). The molecular weight excluding hydrogens is 250 g/mol. The van der Waals surface area contributed by atoms with E-state index in [1.807, 2.05) is 31.2 Å². The molecule has 0 fully saturated rings. The van der Waals surface area contributed by atoms with Crippen LogP contribution < -0.4 is 5.73 Å². The number of carboxylic acid groups (broad SMARTS) is 1. The van der Waals surface area contributed by atoms with Crippen molar-refractivity contribution in [1.29, 1.82) is 0 Å². The fraction of sp³-hybridized carbons (Fsp3) is 0.235. The topological polar surface area (TPSA) is 63.3 Å². The molecule has 1 atom stereocenters. The van der Waals surface area contributed by atoms with Gasteiger partial charge in [-0.15, -0.1) is 0 Å². The molecule has 0 saturated carbocycles. The molecule has 0 amide bonds. The Labute approximate surface area is 119 Å². The number of hydrogen-bond acceptors (Lipinski definition) is 2. The van der Waals surface area contributed by atoms with E-state index in [4.69, 9.17) is 10.8 Å². The summed E-state index contributed by atoms with van der Waals surface area (Å²) in [6.07, 6.45) is 0.936. The first-order valence-corrected chi connectivity index (χ1v) is 6.70. The van der Waals surface area contributed by atoms with Crippen LogP contribution in [0.5, 0.6) is 0 Å². The van der Waals surface area contributed by atoms with Crippen LogP contribution in [0.2, 0.25) is 0 Å². The smallest absolute Gasteiger partial charge is 0.307 e. The Morgan fingerprint density at radius 2 is 1.45 bits per heavy atom. The molecule has 104 valence electrons. The van der Waals surface area contributed by atoms with Gasteiger partial charge in [0, 0.05) is 6.04 Å². The van der Waals surface area contributed by atoms with E-state index in [0.29, 0.717) is 0 Å². The van der Waals surface area contributed by atoms with E-state index >= 15 is 0 Å². The van der Waals surface area contributed by atoms with Gasteiger partial charge < -0.3 is 10.8 Å². The van der Waals surface area contributed by atoms with Crippen LogP contribution in [0.1, 0.15) is 18.1 Å². The third-order valence-corrected chi connectivity index (χ3v) is 3.15. The van der Waals surface area contributed by atoms with E-state index in [0.717, 1.165) is 23.1 Å². The number of benzene rings is 2. The molecule has 0 aliphatic carbocycles. The maximum Gasteiger partial charge on any atom is 0.307 e. The lowest BCUT2D eigenvalue weighted by atomic mass is 10.00. The molecule has 0 unspecified atom stereocenters. The van der Waals surface area contributed by atoms with Crippen molar-refractivity contribution in [2.45, 2.75) is 25.8 Å². The van der Waals surface area contributed by atoms with Gasteiger partial charge in [-0.25, -0.2) is 0 Å². The summed E-state index contributed by atoms with van der Waals surface area (Å²) in [7, 11) is 0. The lowest BCUT2D eigenvalue weighted by Gasteiger charge is -2.07. The molecular formula is C17H19NO2. The van der Waals surface area contributed by atoms with Crippen LogP contribution in [0.4, 0.5) is 0 Å². The quantitative estimate of drug-likeness (QED) is 0.877. The largest absolute Gasteiger partial charge is 0.481 e. The summed E-state index contributed by atoms with van der Waals surface area (Å²) in [4.78, 5) is 10.6. The summed E-state index contributed by atoms with van der Waals surface area (Å²) in [6, 6.07) is 16.1. The average Bonchev–Trinajstić information content (AvgIpc) is 2.39. The van der Waals surface area contributed by atoms with Crippen molar-refractivity contribution in [2.24, 2.45) is 5.73 Å². The van der Waals surface area contributed by atoms with E-state index in [2.05, 4.69) is 24.3 Å². The monoisotopic (exact) mass is 269 g/mol. The number of carbonyl (C=O) groups is 1. The Balaban J connectivity index is 2.13. The van der Waals surface area contributed by atoms with Gasteiger partial charge in [-0.3, -0.25) is 4.79 Å². The zero-order valence-corrected chi connectivity index (χ0v) is 11.5. The van der Waals surface area contributed by atoms with E-state index in [1.54, 1.807) is 0 Å². The van der Waals surface area contributed by atoms with Crippen LogP contribution in [0.3, 0.4) is 0 Å². The van der Waals surface area contributed by atoms with Crippen LogP contribution in [0.25, 0.3) is 11.1 Å². The van der Waals surface area contributed by atoms with E-state index in [-0.39, 0.29) is 12.5 Å². The minimum atomic E-state index is -0.807. The lowest BCUT2D eigenvalue weighted by Crippen LogP contribution is -2.17. The standard InChI is InChI=1S/C17H19NO2/c1-12(18)10-13-2-6-15(7-3-13)16-8-4-14(5-9-16)11-17(19)20/h2-9,12H,10-11,18H2,1H3,(H,19,20)/t12-/m1/s1. The zero-order valence-electron chi connectivity index (χ0n) is 11.5. The second-order valence-corrected chi connectivity index (χ2v) is 5.15. The Kier molecular flexibility index (Phi) is 4.53. The zero-order chi connectivity index (χ0) is 14.5. The Morgan fingerprint density at radius 3 is 1.85 bits per heavy atom. The van der Waals surface area contributed by atoms with Crippen molar-refractivity contribution in [1.82, 2.24) is 0 Å². The maximum atomic E-state index is 10.6. The highest BCUT2D eigenvalue weighted by Gasteiger charge is 2.03. The minimum Gasteiger partial charge on any atom is -0.481 e. The van der Waals surface area contributed by atoms with Gasteiger partial charge in [-0.1, -0.05) is 48.5 Å². The molecule has 0 radical (unpaired) electrons. The molecule has 3 N–H and O–H groups in total. The van der Waals surface area contributed by atoms with Crippen molar-refractivity contribution < 1.29 is 9.90 Å². The highest BCUT2D eigenvalue weighted by molar-refractivity contribution is 5.71. The summed E-state index contributed by atoms with van der Waals surface area (Å²) >= 11 is 0. The molecule has 2 aromatic rings. The lowest BCUT2D eigenvalue weighted by molar-refractivity contribution is -0.136. The van der Waals surface area contributed by atoms with Gasteiger partial charge in [0.2, 0.25) is 0 Å². The van der Waals surface area contributed by atoms with Crippen LogP contribution in [0.15, 0.2) is 48.5 Å². The van der Waals surface area contributed by atoms with Gasteiger partial charge in [-0.05, 0) is 35.6 Å². The highest BCUT2D eigenvalue weighted by Crippen LogP contribution is 2.21. The second-order valence-electron chi connectivity index (χ2n) is 5.15. The third-order valence-electron chi connectivity index (χ3n) is 3.15. The minimum absolute atomic E-state index is 0.0631. The first kappa shape index (κ1) is 14.3. The normalized spacial score (nSPS) is 12.1. The van der Waals surface area contributed by atoms with Gasteiger partial charge in [0.1, 0.15) is 0 Å². The molecule has 0 saturated heterocycles. The molecule has 0 aromatic heterocycles. The molecule has 2 aromatic carbocycles. The summed E-state index contributed by atoms with van der Waals surface area (Å²) in [5, 5.41) is 8.75. The van der Waals surface area contributed by atoms with Crippen LogP contribution >= 0.6 is 0 Å². The Bertz CT molecular complexity index is 571. The predicted molar refractivity (Wildman–Crippen MR) is 80.6 cm³/mol.